The monoisotopic (exact) mass is 182 g/mol. The van der Waals surface area contributed by atoms with Crippen LogP contribution in [0.5, 0.6) is 0 Å². The van der Waals surface area contributed by atoms with E-state index in [1.54, 1.807) is 0 Å². The van der Waals surface area contributed by atoms with E-state index in [2.05, 4.69) is 0 Å². The van der Waals surface area contributed by atoms with Crippen LogP contribution in [-0.2, 0) is 4.79 Å². The SMILES string of the molecule is CN1C(=O)CCC1C(CN)C1CC1. The van der Waals surface area contributed by atoms with Crippen LogP contribution in [0.4, 0.5) is 0 Å². The van der Waals surface area contributed by atoms with E-state index in [0.29, 0.717) is 17.9 Å². The zero-order valence-electron chi connectivity index (χ0n) is 8.20. The molecule has 0 aromatic rings. The molecule has 1 amide bonds. The Bertz CT molecular complexity index is 213. The molecule has 2 rings (SSSR count). The summed E-state index contributed by atoms with van der Waals surface area (Å²) >= 11 is 0. The molecule has 1 saturated heterocycles. The smallest absolute Gasteiger partial charge is 0.222 e. The summed E-state index contributed by atoms with van der Waals surface area (Å²) in [6.07, 6.45) is 4.39. The highest BCUT2D eigenvalue weighted by molar-refractivity contribution is 5.78. The summed E-state index contributed by atoms with van der Waals surface area (Å²) in [7, 11) is 1.92. The second-order valence-electron chi connectivity index (χ2n) is 4.35. The third-order valence-corrected chi connectivity index (χ3v) is 3.54. The van der Waals surface area contributed by atoms with Crippen molar-refractivity contribution in [2.75, 3.05) is 13.6 Å². The second-order valence-corrected chi connectivity index (χ2v) is 4.35. The summed E-state index contributed by atoms with van der Waals surface area (Å²) in [5.41, 5.74) is 5.76. The van der Waals surface area contributed by atoms with Crippen molar-refractivity contribution < 1.29 is 4.79 Å². The lowest BCUT2D eigenvalue weighted by Gasteiger charge is -2.28. The van der Waals surface area contributed by atoms with Crippen molar-refractivity contribution in [3.63, 3.8) is 0 Å². The van der Waals surface area contributed by atoms with Crippen LogP contribution in [0.1, 0.15) is 25.7 Å². The quantitative estimate of drug-likeness (QED) is 0.694. The molecule has 74 valence electrons. The Morgan fingerprint density at radius 2 is 2.23 bits per heavy atom. The number of carbonyl (C=O) groups excluding carboxylic acids is 1. The van der Waals surface area contributed by atoms with E-state index in [0.717, 1.165) is 25.3 Å². The predicted molar refractivity (Wildman–Crippen MR) is 51.1 cm³/mol. The molecule has 1 aliphatic carbocycles. The van der Waals surface area contributed by atoms with Crippen molar-refractivity contribution in [3.05, 3.63) is 0 Å². The molecular weight excluding hydrogens is 164 g/mol. The summed E-state index contributed by atoms with van der Waals surface area (Å²) in [5, 5.41) is 0. The Labute approximate surface area is 79.3 Å². The molecule has 2 atom stereocenters. The van der Waals surface area contributed by atoms with Gasteiger partial charge in [-0.05, 0) is 37.6 Å². The van der Waals surface area contributed by atoms with Crippen molar-refractivity contribution >= 4 is 5.91 Å². The van der Waals surface area contributed by atoms with Gasteiger partial charge in [0.15, 0.2) is 0 Å². The molecule has 0 spiro atoms. The maximum atomic E-state index is 11.3. The average Bonchev–Trinajstić information content (AvgIpc) is 2.89. The largest absolute Gasteiger partial charge is 0.342 e. The summed E-state index contributed by atoms with van der Waals surface area (Å²) in [6, 6.07) is 0.435. The molecule has 2 aliphatic rings. The van der Waals surface area contributed by atoms with Gasteiger partial charge in [0.1, 0.15) is 0 Å². The van der Waals surface area contributed by atoms with Crippen molar-refractivity contribution in [1.29, 1.82) is 0 Å². The van der Waals surface area contributed by atoms with Gasteiger partial charge >= 0.3 is 0 Å². The predicted octanol–water partition coefficient (Wildman–Crippen LogP) is 0.592. The highest BCUT2D eigenvalue weighted by Gasteiger charge is 2.41. The number of hydrogen-bond donors (Lipinski definition) is 1. The van der Waals surface area contributed by atoms with Crippen molar-refractivity contribution in [1.82, 2.24) is 4.90 Å². The molecule has 1 aliphatic heterocycles. The van der Waals surface area contributed by atoms with Crippen LogP contribution in [-0.4, -0.2) is 30.4 Å². The van der Waals surface area contributed by atoms with Gasteiger partial charge in [0.2, 0.25) is 5.91 Å². The highest BCUT2D eigenvalue weighted by atomic mass is 16.2. The maximum absolute atomic E-state index is 11.3. The first-order valence-electron chi connectivity index (χ1n) is 5.19. The molecule has 0 aromatic heterocycles. The van der Waals surface area contributed by atoms with Crippen LogP contribution in [0.3, 0.4) is 0 Å². The normalized spacial score (nSPS) is 31.1. The van der Waals surface area contributed by atoms with E-state index >= 15 is 0 Å². The first-order chi connectivity index (χ1) is 6.24. The molecule has 0 radical (unpaired) electrons. The molecule has 2 N–H and O–H groups in total. The summed E-state index contributed by atoms with van der Waals surface area (Å²) in [6.45, 7) is 0.743. The zero-order valence-corrected chi connectivity index (χ0v) is 8.20. The highest BCUT2D eigenvalue weighted by Crippen LogP contribution is 2.41. The Morgan fingerprint density at radius 3 is 2.62 bits per heavy atom. The molecule has 3 heteroatoms. The van der Waals surface area contributed by atoms with Gasteiger partial charge in [-0.2, -0.15) is 0 Å². The molecule has 1 heterocycles. The fourth-order valence-electron chi connectivity index (χ4n) is 2.52. The molecule has 0 aromatic carbocycles. The Kier molecular flexibility index (Phi) is 2.28. The Morgan fingerprint density at radius 1 is 1.54 bits per heavy atom. The number of rotatable bonds is 3. The van der Waals surface area contributed by atoms with Crippen LogP contribution in [0.2, 0.25) is 0 Å². The number of hydrogen-bond acceptors (Lipinski definition) is 2. The molecule has 0 bridgehead atoms. The summed E-state index contributed by atoms with van der Waals surface area (Å²) < 4.78 is 0. The lowest BCUT2D eigenvalue weighted by Crippen LogP contribution is -2.39. The van der Waals surface area contributed by atoms with Crippen LogP contribution >= 0.6 is 0 Å². The first-order valence-corrected chi connectivity index (χ1v) is 5.19. The minimum atomic E-state index is 0.295. The molecular formula is C10H18N2O. The zero-order chi connectivity index (χ0) is 9.42. The second kappa shape index (κ2) is 3.29. The number of nitrogens with two attached hydrogens (primary N) is 1. The van der Waals surface area contributed by atoms with Gasteiger partial charge in [0.05, 0.1) is 0 Å². The van der Waals surface area contributed by atoms with Crippen LogP contribution in [0, 0.1) is 11.8 Å². The first kappa shape index (κ1) is 9.00. The third-order valence-electron chi connectivity index (χ3n) is 3.54. The fourth-order valence-corrected chi connectivity index (χ4v) is 2.52. The molecule has 1 saturated carbocycles. The minimum Gasteiger partial charge on any atom is -0.342 e. The molecule has 2 fully saturated rings. The van der Waals surface area contributed by atoms with Gasteiger partial charge in [-0.3, -0.25) is 4.79 Å². The number of likely N-dealkylation sites (tertiary alicyclic amines) is 1. The van der Waals surface area contributed by atoms with E-state index < -0.39 is 0 Å². The van der Waals surface area contributed by atoms with E-state index in [9.17, 15) is 4.79 Å². The lowest BCUT2D eigenvalue weighted by molar-refractivity contribution is -0.128. The summed E-state index contributed by atoms with van der Waals surface area (Å²) in [5.74, 6) is 1.67. The number of amides is 1. The third kappa shape index (κ3) is 1.57. The van der Waals surface area contributed by atoms with Gasteiger partial charge in [-0.1, -0.05) is 0 Å². The molecule has 3 nitrogen and oxygen atoms in total. The lowest BCUT2D eigenvalue weighted by atomic mass is 9.93. The number of nitrogens with zero attached hydrogens (tertiary/aromatic N) is 1. The Balaban J connectivity index is 2.01. The average molecular weight is 182 g/mol. The van der Waals surface area contributed by atoms with Gasteiger partial charge in [0, 0.05) is 19.5 Å². The van der Waals surface area contributed by atoms with Gasteiger partial charge < -0.3 is 10.6 Å². The van der Waals surface area contributed by atoms with E-state index in [1.807, 2.05) is 11.9 Å². The molecule has 2 unspecified atom stereocenters. The van der Waals surface area contributed by atoms with Crippen molar-refractivity contribution in [3.8, 4) is 0 Å². The minimum absolute atomic E-state index is 0.295. The van der Waals surface area contributed by atoms with Gasteiger partial charge in [-0.15, -0.1) is 0 Å². The van der Waals surface area contributed by atoms with E-state index in [-0.39, 0.29) is 0 Å². The van der Waals surface area contributed by atoms with E-state index in [1.165, 1.54) is 12.8 Å². The maximum Gasteiger partial charge on any atom is 0.222 e. The summed E-state index contributed by atoms with van der Waals surface area (Å²) in [4.78, 5) is 13.2. The van der Waals surface area contributed by atoms with Crippen molar-refractivity contribution in [2.45, 2.75) is 31.7 Å². The Hall–Kier alpha value is -0.570. The van der Waals surface area contributed by atoms with Crippen molar-refractivity contribution in [2.24, 2.45) is 17.6 Å². The fraction of sp³-hybridized carbons (Fsp3) is 0.900. The van der Waals surface area contributed by atoms with E-state index in [4.69, 9.17) is 5.73 Å². The standard InChI is InChI=1S/C10H18N2O/c1-12-9(4-5-10(12)13)8(6-11)7-2-3-7/h7-9H,2-6,11H2,1H3. The van der Waals surface area contributed by atoms with Crippen LogP contribution in [0.25, 0.3) is 0 Å². The topological polar surface area (TPSA) is 46.3 Å². The van der Waals surface area contributed by atoms with Crippen LogP contribution < -0.4 is 5.73 Å². The number of carbonyl (C=O) groups is 1. The van der Waals surface area contributed by atoms with Crippen LogP contribution in [0.15, 0.2) is 0 Å². The van der Waals surface area contributed by atoms with Gasteiger partial charge in [-0.25, -0.2) is 0 Å². The van der Waals surface area contributed by atoms with Gasteiger partial charge in [0.25, 0.3) is 0 Å². The molecule has 13 heavy (non-hydrogen) atoms.